The second-order valence-corrected chi connectivity index (χ2v) is 4.72. The van der Waals surface area contributed by atoms with Crippen molar-refractivity contribution in [1.29, 1.82) is 0 Å². The first-order valence-corrected chi connectivity index (χ1v) is 6.36. The average Bonchev–Trinajstić information content (AvgIpc) is 2.36. The van der Waals surface area contributed by atoms with E-state index in [0.717, 1.165) is 27.4 Å². The summed E-state index contributed by atoms with van der Waals surface area (Å²) in [6.45, 7) is 2.46. The molecule has 0 aliphatic heterocycles. The fourth-order valence-electron chi connectivity index (χ4n) is 1.57. The van der Waals surface area contributed by atoms with Gasteiger partial charge in [-0.1, -0.05) is 12.1 Å². The Kier molecular flexibility index (Phi) is 4.20. The van der Waals surface area contributed by atoms with Crippen LogP contribution in [0.15, 0.2) is 41.0 Å². The molecule has 18 heavy (non-hydrogen) atoms. The van der Waals surface area contributed by atoms with Crippen LogP contribution in [-0.2, 0) is 6.61 Å². The Bertz CT molecular complexity index is 506. The van der Waals surface area contributed by atoms with Crippen LogP contribution >= 0.6 is 15.9 Å². The maximum Gasteiger partial charge on any atom is 0.124 e. The third-order valence-corrected chi connectivity index (χ3v) is 2.87. The second-order valence-electron chi connectivity index (χ2n) is 3.90. The molecule has 0 saturated carbocycles. The number of aryl methyl sites for hydroxylation is 1. The molecule has 4 heteroatoms. The van der Waals surface area contributed by atoms with E-state index in [1.165, 1.54) is 0 Å². The van der Waals surface area contributed by atoms with Crippen LogP contribution in [0.1, 0.15) is 11.3 Å². The molecule has 0 unspecified atom stereocenters. The van der Waals surface area contributed by atoms with Gasteiger partial charge in [0.25, 0.3) is 0 Å². The maximum absolute atomic E-state index is 5.72. The van der Waals surface area contributed by atoms with E-state index >= 15 is 0 Å². The van der Waals surface area contributed by atoms with E-state index < -0.39 is 0 Å². The Morgan fingerprint density at radius 1 is 1.11 bits per heavy atom. The molecular weight excluding hydrogens is 294 g/mol. The van der Waals surface area contributed by atoms with Crippen molar-refractivity contribution in [3.8, 4) is 11.5 Å². The molecule has 1 heterocycles. The quantitative estimate of drug-likeness (QED) is 0.806. The molecule has 0 aliphatic carbocycles. The van der Waals surface area contributed by atoms with Crippen LogP contribution < -0.4 is 9.47 Å². The van der Waals surface area contributed by atoms with Crippen LogP contribution in [0.2, 0.25) is 0 Å². The normalized spacial score (nSPS) is 10.2. The minimum absolute atomic E-state index is 0.528. The van der Waals surface area contributed by atoms with Crippen LogP contribution in [0.25, 0.3) is 0 Å². The van der Waals surface area contributed by atoms with Crippen LogP contribution in [0.4, 0.5) is 0 Å². The number of aromatic nitrogens is 1. The predicted octanol–water partition coefficient (Wildman–Crippen LogP) is 3.74. The number of ether oxygens (including phenoxy) is 2. The summed E-state index contributed by atoms with van der Waals surface area (Å²) >= 11 is 3.35. The van der Waals surface area contributed by atoms with Gasteiger partial charge >= 0.3 is 0 Å². The summed E-state index contributed by atoms with van der Waals surface area (Å²) in [5.41, 5.74) is 2.02. The van der Waals surface area contributed by atoms with Gasteiger partial charge in [0.05, 0.1) is 7.11 Å². The van der Waals surface area contributed by atoms with E-state index in [9.17, 15) is 0 Å². The lowest BCUT2D eigenvalue weighted by molar-refractivity contribution is 0.305. The lowest BCUT2D eigenvalue weighted by atomic mass is 10.2. The summed E-state index contributed by atoms with van der Waals surface area (Å²) in [5, 5.41) is 0. The number of hydrogen-bond donors (Lipinski definition) is 0. The molecule has 94 valence electrons. The zero-order valence-corrected chi connectivity index (χ0v) is 11.9. The molecule has 0 N–H and O–H groups in total. The van der Waals surface area contributed by atoms with Crippen molar-refractivity contribution in [1.82, 2.24) is 4.98 Å². The molecule has 0 spiro atoms. The highest BCUT2D eigenvalue weighted by Crippen LogP contribution is 2.19. The van der Waals surface area contributed by atoms with E-state index in [1.54, 1.807) is 7.11 Å². The summed E-state index contributed by atoms with van der Waals surface area (Å²) in [6, 6.07) is 11.6. The summed E-state index contributed by atoms with van der Waals surface area (Å²) in [5.74, 6) is 1.66. The highest BCUT2D eigenvalue weighted by atomic mass is 79.9. The van der Waals surface area contributed by atoms with Crippen LogP contribution in [0, 0.1) is 6.92 Å². The van der Waals surface area contributed by atoms with Gasteiger partial charge in [0.15, 0.2) is 0 Å². The Labute approximate surface area is 115 Å². The first-order valence-electron chi connectivity index (χ1n) is 5.57. The van der Waals surface area contributed by atoms with Gasteiger partial charge in [-0.3, -0.25) is 0 Å². The Balaban J connectivity index is 2.01. The zero-order valence-electron chi connectivity index (χ0n) is 10.3. The summed E-state index contributed by atoms with van der Waals surface area (Å²) in [6.07, 6.45) is 0. The number of rotatable bonds is 4. The first-order chi connectivity index (χ1) is 8.67. The smallest absolute Gasteiger partial charge is 0.124 e. The van der Waals surface area contributed by atoms with Crippen molar-refractivity contribution in [2.75, 3.05) is 7.11 Å². The summed E-state index contributed by atoms with van der Waals surface area (Å²) < 4.78 is 11.6. The molecule has 3 nitrogen and oxygen atoms in total. The molecule has 2 aromatic rings. The van der Waals surface area contributed by atoms with Gasteiger partial charge in [-0.05, 0) is 40.5 Å². The number of methoxy groups -OCH3 is 1. The average molecular weight is 308 g/mol. The van der Waals surface area contributed by atoms with Gasteiger partial charge in [0.2, 0.25) is 0 Å². The molecule has 2 rings (SSSR count). The minimum Gasteiger partial charge on any atom is -0.497 e. The molecule has 1 aromatic carbocycles. The van der Waals surface area contributed by atoms with Gasteiger partial charge in [-0.25, -0.2) is 4.98 Å². The largest absolute Gasteiger partial charge is 0.497 e. The highest BCUT2D eigenvalue weighted by molar-refractivity contribution is 9.10. The Hall–Kier alpha value is -1.55. The molecule has 0 atom stereocenters. The van der Waals surface area contributed by atoms with Crippen LogP contribution in [-0.4, -0.2) is 12.1 Å². The minimum atomic E-state index is 0.528. The predicted molar refractivity (Wildman–Crippen MR) is 74.0 cm³/mol. The molecular formula is C14H14BrNO2. The second kappa shape index (κ2) is 5.87. The van der Waals surface area contributed by atoms with E-state index in [1.807, 2.05) is 43.3 Å². The van der Waals surface area contributed by atoms with Gasteiger partial charge in [-0.15, -0.1) is 0 Å². The number of benzene rings is 1. The molecule has 0 fully saturated rings. The van der Waals surface area contributed by atoms with Crippen molar-refractivity contribution < 1.29 is 9.47 Å². The van der Waals surface area contributed by atoms with Crippen molar-refractivity contribution in [3.63, 3.8) is 0 Å². The van der Waals surface area contributed by atoms with Crippen LogP contribution in [0.3, 0.4) is 0 Å². The lowest BCUT2D eigenvalue weighted by Crippen LogP contribution is -1.96. The standard InChI is InChI=1S/C14H14BrNO2/c1-10-7-13(8-14(15)16-10)18-9-11-3-5-12(17-2)6-4-11/h3-8H,9H2,1-2H3. The van der Waals surface area contributed by atoms with Gasteiger partial charge in [0.1, 0.15) is 22.7 Å². The molecule has 0 aliphatic rings. The third-order valence-electron chi connectivity index (χ3n) is 2.46. The number of hydrogen-bond acceptors (Lipinski definition) is 3. The molecule has 0 radical (unpaired) electrons. The third kappa shape index (κ3) is 3.47. The van der Waals surface area contributed by atoms with Crippen molar-refractivity contribution >= 4 is 15.9 Å². The lowest BCUT2D eigenvalue weighted by Gasteiger charge is -2.08. The zero-order chi connectivity index (χ0) is 13.0. The highest BCUT2D eigenvalue weighted by Gasteiger charge is 2.00. The summed E-state index contributed by atoms with van der Waals surface area (Å²) in [7, 11) is 1.66. The Morgan fingerprint density at radius 3 is 2.44 bits per heavy atom. The van der Waals surface area contributed by atoms with E-state index in [0.29, 0.717) is 6.61 Å². The van der Waals surface area contributed by atoms with Crippen molar-refractivity contribution in [2.45, 2.75) is 13.5 Å². The van der Waals surface area contributed by atoms with Gasteiger partial charge < -0.3 is 9.47 Å². The molecule has 1 aromatic heterocycles. The maximum atomic E-state index is 5.72. The molecule has 0 saturated heterocycles. The Morgan fingerprint density at radius 2 is 1.83 bits per heavy atom. The fourth-order valence-corrected chi connectivity index (χ4v) is 2.08. The fraction of sp³-hybridized carbons (Fsp3) is 0.214. The van der Waals surface area contributed by atoms with Crippen molar-refractivity contribution in [2.24, 2.45) is 0 Å². The topological polar surface area (TPSA) is 31.4 Å². The number of halogens is 1. The molecule has 0 amide bonds. The number of pyridine rings is 1. The van der Waals surface area contributed by atoms with E-state index in [2.05, 4.69) is 20.9 Å². The molecule has 0 bridgehead atoms. The summed E-state index contributed by atoms with van der Waals surface area (Å²) in [4.78, 5) is 4.23. The van der Waals surface area contributed by atoms with E-state index in [-0.39, 0.29) is 0 Å². The van der Waals surface area contributed by atoms with Crippen molar-refractivity contribution in [3.05, 3.63) is 52.3 Å². The number of nitrogens with zero attached hydrogens (tertiary/aromatic N) is 1. The SMILES string of the molecule is COc1ccc(COc2cc(C)nc(Br)c2)cc1. The monoisotopic (exact) mass is 307 g/mol. The first kappa shape index (κ1) is 12.9. The van der Waals surface area contributed by atoms with Gasteiger partial charge in [-0.2, -0.15) is 0 Å². The van der Waals surface area contributed by atoms with Gasteiger partial charge in [0, 0.05) is 17.8 Å². The van der Waals surface area contributed by atoms with Crippen LogP contribution in [0.5, 0.6) is 11.5 Å². The van der Waals surface area contributed by atoms with E-state index in [4.69, 9.17) is 9.47 Å².